The molecule has 0 spiro atoms. The lowest BCUT2D eigenvalue weighted by atomic mass is 9.95. The van der Waals surface area contributed by atoms with Crippen LogP contribution in [-0.2, 0) is 11.2 Å². The maximum atomic E-state index is 9.52. The van der Waals surface area contributed by atoms with E-state index in [1.54, 1.807) is 0 Å². The largest absolute Gasteiger partial charge is 0.379 e. The molecular weight excluding hydrogens is 300 g/mol. The number of aryl methyl sites for hydroxylation is 1. The van der Waals surface area contributed by atoms with Crippen molar-refractivity contribution in [1.82, 2.24) is 9.97 Å². The average Bonchev–Trinajstić information content (AvgIpc) is 3.01. The van der Waals surface area contributed by atoms with E-state index < -0.39 is 0 Å². The van der Waals surface area contributed by atoms with Gasteiger partial charge in [-0.1, -0.05) is 0 Å². The SMILES string of the molecule is Cc1nc(N[C@H]2COC[C@H]2Cc2ccncc2)c(C#N)c(C)c1C. The smallest absolute Gasteiger partial charge is 0.144 e. The molecule has 0 amide bonds. The number of rotatable bonds is 4. The number of pyridine rings is 2. The van der Waals surface area contributed by atoms with E-state index in [1.165, 1.54) is 5.56 Å². The lowest BCUT2D eigenvalue weighted by Gasteiger charge is -2.21. The fourth-order valence-electron chi connectivity index (χ4n) is 3.14. The molecule has 0 radical (unpaired) electrons. The zero-order valence-corrected chi connectivity index (χ0v) is 14.3. The van der Waals surface area contributed by atoms with E-state index in [1.807, 2.05) is 45.3 Å². The molecule has 3 heterocycles. The van der Waals surface area contributed by atoms with Gasteiger partial charge in [0.25, 0.3) is 0 Å². The van der Waals surface area contributed by atoms with Crippen molar-refractivity contribution >= 4 is 5.82 Å². The molecule has 2 aromatic heterocycles. The summed E-state index contributed by atoms with van der Waals surface area (Å²) in [7, 11) is 0. The van der Waals surface area contributed by atoms with Crippen LogP contribution in [-0.4, -0.2) is 29.2 Å². The molecule has 1 aliphatic heterocycles. The molecule has 0 aromatic carbocycles. The molecule has 1 aliphatic rings. The average molecular weight is 322 g/mol. The van der Waals surface area contributed by atoms with E-state index in [4.69, 9.17) is 4.74 Å². The van der Waals surface area contributed by atoms with Crippen LogP contribution in [0.2, 0.25) is 0 Å². The van der Waals surface area contributed by atoms with Crippen LogP contribution in [0.25, 0.3) is 0 Å². The highest BCUT2D eigenvalue weighted by atomic mass is 16.5. The number of ether oxygens (including phenoxy) is 1. The first-order valence-corrected chi connectivity index (χ1v) is 8.21. The quantitative estimate of drug-likeness (QED) is 0.937. The third-order valence-corrected chi connectivity index (χ3v) is 4.88. The summed E-state index contributed by atoms with van der Waals surface area (Å²) in [6, 6.07) is 6.52. The molecule has 24 heavy (non-hydrogen) atoms. The summed E-state index contributed by atoms with van der Waals surface area (Å²) in [6.07, 6.45) is 4.55. The molecule has 0 saturated carbocycles. The number of hydrogen-bond acceptors (Lipinski definition) is 5. The number of nitriles is 1. The van der Waals surface area contributed by atoms with Gasteiger partial charge in [-0.15, -0.1) is 0 Å². The van der Waals surface area contributed by atoms with Crippen LogP contribution in [0.1, 0.15) is 27.9 Å². The van der Waals surface area contributed by atoms with Crippen LogP contribution >= 0.6 is 0 Å². The monoisotopic (exact) mass is 322 g/mol. The molecule has 124 valence electrons. The Balaban J connectivity index is 1.81. The number of aromatic nitrogens is 2. The number of hydrogen-bond donors (Lipinski definition) is 1. The van der Waals surface area contributed by atoms with Crippen molar-refractivity contribution < 1.29 is 4.74 Å². The maximum absolute atomic E-state index is 9.52. The third kappa shape index (κ3) is 3.24. The van der Waals surface area contributed by atoms with Gasteiger partial charge in [0.2, 0.25) is 0 Å². The van der Waals surface area contributed by atoms with Gasteiger partial charge < -0.3 is 10.1 Å². The Bertz CT molecular complexity index is 767. The van der Waals surface area contributed by atoms with Crippen molar-refractivity contribution in [3.63, 3.8) is 0 Å². The first kappa shape index (κ1) is 16.4. The van der Waals surface area contributed by atoms with Crippen molar-refractivity contribution in [3.8, 4) is 6.07 Å². The second kappa shape index (κ2) is 6.98. The molecule has 5 heteroatoms. The van der Waals surface area contributed by atoms with Crippen LogP contribution in [0.3, 0.4) is 0 Å². The summed E-state index contributed by atoms with van der Waals surface area (Å²) < 4.78 is 5.68. The standard InChI is InChI=1S/C19H22N4O/c1-12-13(2)17(9-20)19(22-14(12)3)23-18-11-24-10-16(18)8-15-4-6-21-7-5-15/h4-7,16,18H,8,10-11H2,1-3H3,(H,22,23)/t16-,18+/m1/s1. The minimum Gasteiger partial charge on any atom is -0.379 e. The zero-order chi connectivity index (χ0) is 17.1. The Kier molecular flexibility index (Phi) is 4.77. The summed E-state index contributed by atoms with van der Waals surface area (Å²) in [5, 5.41) is 13.0. The van der Waals surface area contributed by atoms with E-state index >= 15 is 0 Å². The highest BCUT2D eigenvalue weighted by Crippen LogP contribution is 2.26. The van der Waals surface area contributed by atoms with Crippen molar-refractivity contribution in [3.05, 3.63) is 52.5 Å². The fraction of sp³-hybridized carbons (Fsp3) is 0.421. The Morgan fingerprint density at radius 2 is 1.96 bits per heavy atom. The Morgan fingerprint density at radius 3 is 2.67 bits per heavy atom. The number of anilines is 1. The molecule has 0 bridgehead atoms. The normalized spacial score (nSPS) is 19.9. The van der Waals surface area contributed by atoms with Crippen LogP contribution in [0, 0.1) is 38.0 Å². The molecule has 2 aromatic rings. The van der Waals surface area contributed by atoms with Gasteiger partial charge in [0, 0.05) is 24.0 Å². The first-order chi connectivity index (χ1) is 11.6. The zero-order valence-electron chi connectivity index (χ0n) is 14.3. The minimum atomic E-state index is 0.152. The molecule has 1 saturated heterocycles. The van der Waals surface area contributed by atoms with Gasteiger partial charge in [-0.05, 0) is 56.0 Å². The van der Waals surface area contributed by atoms with Crippen LogP contribution in [0.15, 0.2) is 24.5 Å². The van der Waals surface area contributed by atoms with Crippen molar-refractivity contribution in [1.29, 1.82) is 5.26 Å². The Morgan fingerprint density at radius 1 is 1.21 bits per heavy atom. The summed E-state index contributed by atoms with van der Waals surface area (Å²) in [4.78, 5) is 8.67. The Labute approximate surface area is 142 Å². The van der Waals surface area contributed by atoms with Gasteiger partial charge in [0.05, 0.1) is 24.8 Å². The van der Waals surface area contributed by atoms with E-state index in [2.05, 4.69) is 21.4 Å². The second-order valence-corrected chi connectivity index (χ2v) is 6.39. The van der Waals surface area contributed by atoms with Crippen molar-refractivity contribution in [2.24, 2.45) is 5.92 Å². The number of nitrogens with zero attached hydrogens (tertiary/aromatic N) is 3. The van der Waals surface area contributed by atoms with Gasteiger partial charge >= 0.3 is 0 Å². The summed E-state index contributed by atoms with van der Waals surface area (Å²) in [5.74, 6) is 1.02. The van der Waals surface area contributed by atoms with Gasteiger partial charge in [-0.2, -0.15) is 5.26 Å². The molecule has 5 nitrogen and oxygen atoms in total. The molecular formula is C19H22N4O. The highest BCUT2D eigenvalue weighted by molar-refractivity contribution is 5.59. The molecule has 0 unspecified atom stereocenters. The van der Waals surface area contributed by atoms with Crippen molar-refractivity contribution in [2.45, 2.75) is 33.2 Å². The summed E-state index contributed by atoms with van der Waals surface area (Å²) in [5.41, 5.74) is 4.91. The highest BCUT2D eigenvalue weighted by Gasteiger charge is 2.29. The lowest BCUT2D eigenvalue weighted by molar-refractivity contribution is 0.185. The van der Waals surface area contributed by atoms with Gasteiger partial charge in [0.1, 0.15) is 11.9 Å². The van der Waals surface area contributed by atoms with E-state index in [-0.39, 0.29) is 6.04 Å². The molecule has 0 aliphatic carbocycles. The fourth-order valence-corrected chi connectivity index (χ4v) is 3.14. The molecule has 3 rings (SSSR count). The Hall–Kier alpha value is -2.45. The summed E-state index contributed by atoms with van der Waals surface area (Å²) >= 11 is 0. The van der Waals surface area contributed by atoms with E-state index in [0.717, 1.165) is 23.2 Å². The second-order valence-electron chi connectivity index (χ2n) is 6.39. The van der Waals surface area contributed by atoms with E-state index in [9.17, 15) is 5.26 Å². The minimum absolute atomic E-state index is 0.152. The van der Waals surface area contributed by atoms with Gasteiger partial charge in [-0.3, -0.25) is 4.98 Å². The molecule has 2 atom stereocenters. The summed E-state index contributed by atoms with van der Waals surface area (Å²) in [6.45, 7) is 7.31. The number of nitrogens with one attached hydrogen (secondary N) is 1. The third-order valence-electron chi connectivity index (χ3n) is 4.88. The maximum Gasteiger partial charge on any atom is 0.144 e. The molecule has 1 fully saturated rings. The van der Waals surface area contributed by atoms with Gasteiger partial charge in [0.15, 0.2) is 0 Å². The topological polar surface area (TPSA) is 70.8 Å². The van der Waals surface area contributed by atoms with Crippen molar-refractivity contribution in [2.75, 3.05) is 18.5 Å². The first-order valence-electron chi connectivity index (χ1n) is 8.21. The van der Waals surface area contributed by atoms with Gasteiger partial charge in [-0.25, -0.2) is 4.98 Å². The lowest BCUT2D eigenvalue weighted by Crippen LogP contribution is -2.30. The molecule has 1 N–H and O–H groups in total. The van der Waals surface area contributed by atoms with Crippen LogP contribution < -0.4 is 5.32 Å². The predicted molar refractivity (Wildman–Crippen MR) is 92.8 cm³/mol. The van der Waals surface area contributed by atoms with Crippen LogP contribution in [0.4, 0.5) is 5.82 Å². The van der Waals surface area contributed by atoms with E-state index in [0.29, 0.717) is 30.5 Å². The van der Waals surface area contributed by atoms with Crippen LogP contribution in [0.5, 0.6) is 0 Å². The predicted octanol–water partition coefficient (Wildman–Crippen LogP) is 2.94.